The van der Waals surface area contributed by atoms with E-state index in [1.807, 2.05) is 0 Å². The molecule has 3 heterocycles. The molecule has 2 saturated heterocycles. The van der Waals surface area contributed by atoms with Crippen LogP contribution in [0.15, 0.2) is 0 Å². The lowest BCUT2D eigenvalue weighted by atomic mass is 10.1. The Hall–Kier alpha value is -1.25. The van der Waals surface area contributed by atoms with E-state index in [0.29, 0.717) is 19.1 Å². The van der Waals surface area contributed by atoms with Gasteiger partial charge in [-0.3, -0.25) is 4.79 Å². The van der Waals surface area contributed by atoms with Crippen LogP contribution in [0.25, 0.3) is 0 Å². The summed E-state index contributed by atoms with van der Waals surface area (Å²) in [6.07, 6.45) is 1.00. The zero-order chi connectivity index (χ0) is 16.4. The number of aromatic nitrogens is 2. The number of ether oxygens (including phenoxy) is 2. The summed E-state index contributed by atoms with van der Waals surface area (Å²) >= 11 is 1.65. The van der Waals surface area contributed by atoms with Gasteiger partial charge in [-0.15, -0.1) is 10.2 Å². The smallest absolute Gasteiger partial charge is 0.217 e. The number of carbonyl (C=O) groups excluding carboxylic acids is 1. The normalized spacial score (nSPS) is 25.5. The van der Waals surface area contributed by atoms with Crippen molar-refractivity contribution in [2.45, 2.75) is 45.4 Å². The molecule has 2 aliphatic heterocycles. The average molecular weight is 340 g/mol. The average Bonchev–Trinajstić information content (AvgIpc) is 3.04. The van der Waals surface area contributed by atoms with E-state index in [-0.39, 0.29) is 24.2 Å². The molecule has 0 bridgehead atoms. The van der Waals surface area contributed by atoms with Gasteiger partial charge in [0.15, 0.2) is 0 Å². The number of amides is 1. The number of fused-ring (bicyclic) bond motifs is 1. The largest absolute Gasteiger partial charge is 0.371 e. The molecule has 2 aliphatic rings. The molecule has 1 aromatic rings. The van der Waals surface area contributed by atoms with Crippen molar-refractivity contribution in [3.63, 3.8) is 0 Å². The summed E-state index contributed by atoms with van der Waals surface area (Å²) in [6, 6.07) is -0.0641. The number of rotatable bonds is 4. The van der Waals surface area contributed by atoms with Gasteiger partial charge in [0.2, 0.25) is 11.0 Å². The minimum absolute atomic E-state index is 0.0196. The molecular formula is C15H24N4O3S. The molecule has 2 atom stereocenters. The van der Waals surface area contributed by atoms with E-state index in [1.54, 1.807) is 11.3 Å². The van der Waals surface area contributed by atoms with Crippen molar-refractivity contribution >= 4 is 22.4 Å². The Morgan fingerprint density at radius 3 is 2.52 bits per heavy atom. The first-order valence-corrected chi connectivity index (χ1v) is 8.90. The molecule has 2 fully saturated rings. The van der Waals surface area contributed by atoms with Gasteiger partial charge < -0.3 is 19.7 Å². The van der Waals surface area contributed by atoms with E-state index in [4.69, 9.17) is 9.47 Å². The maximum Gasteiger partial charge on any atom is 0.217 e. The maximum absolute atomic E-state index is 11.1. The van der Waals surface area contributed by atoms with Crippen LogP contribution in [0.2, 0.25) is 0 Å². The summed E-state index contributed by atoms with van der Waals surface area (Å²) in [6.45, 7) is 8.37. The SMILES string of the molecule is CC(=O)NC1CO[C@H]2CN(c3nnc(CC(C)C)s3)C[C@@H]2OC1. The van der Waals surface area contributed by atoms with Gasteiger partial charge >= 0.3 is 0 Å². The number of carbonyl (C=O) groups is 1. The number of hydrogen-bond acceptors (Lipinski definition) is 7. The summed E-state index contributed by atoms with van der Waals surface area (Å²) in [4.78, 5) is 13.3. The van der Waals surface area contributed by atoms with Crippen LogP contribution in [0.4, 0.5) is 5.13 Å². The van der Waals surface area contributed by atoms with Crippen molar-refractivity contribution in [2.24, 2.45) is 5.92 Å². The molecule has 0 unspecified atom stereocenters. The fourth-order valence-electron chi connectivity index (χ4n) is 2.92. The van der Waals surface area contributed by atoms with Gasteiger partial charge in [0, 0.05) is 26.4 Å². The predicted octanol–water partition coefficient (Wildman–Crippen LogP) is 0.845. The van der Waals surface area contributed by atoms with Crippen molar-refractivity contribution in [1.29, 1.82) is 0 Å². The molecule has 0 spiro atoms. The number of nitrogens with zero attached hydrogens (tertiary/aromatic N) is 3. The van der Waals surface area contributed by atoms with Gasteiger partial charge in [-0.2, -0.15) is 0 Å². The van der Waals surface area contributed by atoms with Gasteiger partial charge in [0.05, 0.1) is 19.3 Å². The van der Waals surface area contributed by atoms with Crippen LogP contribution in [0.1, 0.15) is 25.8 Å². The molecular weight excluding hydrogens is 316 g/mol. The molecule has 128 valence electrons. The van der Waals surface area contributed by atoms with E-state index in [9.17, 15) is 4.79 Å². The highest BCUT2D eigenvalue weighted by molar-refractivity contribution is 7.15. The van der Waals surface area contributed by atoms with Crippen molar-refractivity contribution in [1.82, 2.24) is 15.5 Å². The fraction of sp³-hybridized carbons (Fsp3) is 0.800. The summed E-state index contributed by atoms with van der Waals surface area (Å²) in [5, 5.41) is 13.5. The van der Waals surface area contributed by atoms with Crippen LogP contribution in [0, 0.1) is 5.92 Å². The number of hydrogen-bond donors (Lipinski definition) is 1. The fourth-order valence-corrected chi connectivity index (χ4v) is 3.99. The summed E-state index contributed by atoms with van der Waals surface area (Å²) < 4.78 is 11.9. The molecule has 8 heteroatoms. The first-order chi connectivity index (χ1) is 11.0. The van der Waals surface area contributed by atoms with Gasteiger partial charge in [0.1, 0.15) is 17.2 Å². The van der Waals surface area contributed by atoms with Gasteiger partial charge in [-0.1, -0.05) is 25.2 Å². The van der Waals surface area contributed by atoms with E-state index in [1.165, 1.54) is 6.92 Å². The molecule has 1 N–H and O–H groups in total. The zero-order valence-electron chi connectivity index (χ0n) is 13.8. The van der Waals surface area contributed by atoms with Gasteiger partial charge in [-0.05, 0) is 5.92 Å². The Balaban J connectivity index is 1.57. The Bertz CT molecular complexity index is 535. The van der Waals surface area contributed by atoms with Crippen LogP contribution >= 0.6 is 11.3 Å². The molecule has 3 rings (SSSR count). The highest BCUT2D eigenvalue weighted by Gasteiger charge is 2.38. The molecule has 1 aromatic heterocycles. The summed E-state index contributed by atoms with van der Waals surface area (Å²) in [5.41, 5.74) is 0. The topological polar surface area (TPSA) is 76.6 Å². The molecule has 1 amide bonds. The minimum atomic E-state index is -0.0641. The molecule has 0 saturated carbocycles. The zero-order valence-corrected chi connectivity index (χ0v) is 14.6. The molecule has 7 nitrogen and oxygen atoms in total. The summed E-state index contributed by atoms with van der Waals surface area (Å²) in [7, 11) is 0. The maximum atomic E-state index is 11.1. The van der Waals surface area contributed by atoms with Crippen molar-refractivity contribution < 1.29 is 14.3 Å². The van der Waals surface area contributed by atoms with Crippen LogP contribution in [0.5, 0.6) is 0 Å². The first kappa shape index (κ1) is 16.6. The first-order valence-electron chi connectivity index (χ1n) is 8.09. The lowest BCUT2D eigenvalue weighted by Gasteiger charge is -2.17. The van der Waals surface area contributed by atoms with Crippen LogP contribution in [-0.2, 0) is 20.7 Å². The molecule has 0 radical (unpaired) electrons. The Morgan fingerprint density at radius 1 is 1.30 bits per heavy atom. The Kier molecular flexibility index (Phi) is 5.13. The molecule has 23 heavy (non-hydrogen) atoms. The molecule has 0 aliphatic carbocycles. The summed E-state index contributed by atoms with van der Waals surface area (Å²) in [5.74, 6) is 0.528. The highest BCUT2D eigenvalue weighted by Crippen LogP contribution is 2.28. The second-order valence-corrected chi connectivity index (χ2v) is 7.66. The minimum Gasteiger partial charge on any atom is -0.371 e. The second kappa shape index (κ2) is 7.11. The van der Waals surface area contributed by atoms with Crippen molar-refractivity contribution in [3.8, 4) is 0 Å². The Morgan fingerprint density at radius 2 is 1.96 bits per heavy atom. The monoisotopic (exact) mass is 340 g/mol. The lowest BCUT2D eigenvalue weighted by Crippen LogP contribution is -2.40. The van der Waals surface area contributed by atoms with E-state index < -0.39 is 0 Å². The third kappa shape index (κ3) is 4.19. The van der Waals surface area contributed by atoms with Gasteiger partial charge in [-0.25, -0.2) is 0 Å². The van der Waals surface area contributed by atoms with E-state index in [0.717, 1.165) is 29.6 Å². The van der Waals surface area contributed by atoms with Crippen LogP contribution < -0.4 is 10.2 Å². The van der Waals surface area contributed by atoms with Crippen LogP contribution in [-0.4, -0.2) is 60.7 Å². The van der Waals surface area contributed by atoms with Crippen molar-refractivity contribution in [2.75, 3.05) is 31.2 Å². The van der Waals surface area contributed by atoms with Gasteiger partial charge in [0.25, 0.3) is 0 Å². The third-order valence-corrected chi connectivity index (χ3v) is 4.96. The van der Waals surface area contributed by atoms with Crippen LogP contribution in [0.3, 0.4) is 0 Å². The number of nitrogens with one attached hydrogen (secondary N) is 1. The Labute approximate surface area is 140 Å². The quantitative estimate of drug-likeness (QED) is 0.875. The van der Waals surface area contributed by atoms with E-state index in [2.05, 4.69) is 34.3 Å². The standard InChI is InChI=1S/C15H24N4O3S/c1-9(2)4-14-17-18-15(23-14)19-5-12-13(6-19)22-8-11(7-21-12)16-10(3)20/h9,11-13H,4-8H2,1-3H3,(H,16,20)/t12-,13-/m0/s1. The van der Waals surface area contributed by atoms with E-state index >= 15 is 0 Å². The lowest BCUT2D eigenvalue weighted by molar-refractivity contribution is -0.120. The highest BCUT2D eigenvalue weighted by atomic mass is 32.1. The second-order valence-electron chi connectivity index (χ2n) is 6.62. The predicted molar refractivity (Wildman–Crippen MR) is 87.7 cm³/mol. The molecule has 0 aromatic carbocycles. The number of anilines is 1. The third-order valence-electron chi connectivity index (χ3n) is 3.96. The van der Waals surface area contributed by atoms with Crippen molar-refractivity contribution in [3.05, 3.63) is 5.01 Å².